The third kappa shape index (κ3) is 3.74. The molecule has 146 valence electrons. The lowest BCUT2D eigenvalue weighted by atomic mass is 9.99. The highest BCUT2D eigenvalue weighted by atomic mass is 32.1. The lowest BCUT2D eigenvalue weighted by molar-refractivity contribution is -0.121. The molecule has 6 heteroatoms. The number of aryl methyl sites for hydroxylation is 4. The molecule has 1 aromatic carbocycles. The fourth-order valence-electron chi connectivity index (χ4n) is 3.99. The van der Waals surface area contributed by atoms with Gasteiger partial charge in [-0.25, -0.2) is 4.98 Å². The average molecular weight is 396 g/mol. The zero-order chi connectivity index (χ0) is 19.7. The number of aromatic amines is 1. The molecule has 1 aliphatic rings. The number of H-pyrrole nitrogens is 1. The lowest BCUT2D eigenvalue weighted by Crippen LogP contribution is -2.29. The maximum Gasteiger partial charge on any atom is 0.259 e. The highest BCUT2D eigenvalue weighted by molar-refractivity contribution is 7.18. The molecular weight excluding hydrogens is 370 g/mol. The van der Waals surface area contributed by atoms with Gasteiger partial charge in [-0.05, 0) is 49.8 Å². The Morgan fingerprint density at radius 3 is 2.96 bits per heavy atom. The number of thiophene rings is 1. The van der Waals surface area contributed by atoms with Crippen molar-refractivity contribution in [2.24, 2.45) is 0 Å². The average Bonchev–Trinajstić information content (AvgIpc) is 2.85. The van der Waals surface area contributed by atoms with Gasteiger partial charge in [0.15, 0.2) is 0 Å². The summed E-state index contributed by atoms with van der Waals surface area (Å²) in [6, 6.07) is 8.46. The van der Waals surface area contributed by atoms with Gasteiger partial charge in [-0.1, -0.05) is 30.7 Å². The molecule has 1 amide bonds. The molecule has 5 nitrogen and oxygen atoms in total. The van der Waals surface area contributed by atoms with Crippen molar-refractivity contribution >= 4 is 27.5 Å². The van der Waals surface area contributed by atoms with Crippen LogP contribution < -0.4 is 10.9 Å². The number of benzene rings is 1. The van der Waals surface area contributed by atoms with Crippen LogP contribution >= 0.6 is 11.3 Å². The van der Waals surface area contributed by atoms with Crippen molar-refractivity contribution in [1.29, 1.82) is 0 Å². The van der Waals surface area contributed by atoms with Crippen LogP contribution in [0.4, 0.5) is 0 Å². The second kappa shape index (κ2) is 7.87. The van der Waals surface area contributed by atoms with Crippen molar-refractivity contribution in [3.63, 3.8) is 0 Å². The van der Waals surface area contributed by atoms with Gasteiger partial charge in [0.05, 0.1) is 11.4 Å². The quantitative estimate of drug-likeness (QED) is 0.653. The number of nitrogens with zero attached hydrogens (tertiary/aromatic N) is 1. The SMILES string of the molecule is Cc1sc2nc(CCC(=O)NC3CCCCc4ccccc43)[nH]c(=O)c2c1C. The number of hydrogen-bond donors (Lipinski definition) is 2. The van der Waals surface area contributed by atoms with Crippen molar-refractivity contribution in [2.75, 3.05) is 0 Å². The molecule has 4 rings (SSSR count). The Labute approximate surface area is 168 Å². The molecule has 2 N–H and O–H groups in total. The van der Waals surface area contributed by atoms with Crippen molar-refractivity contribution in [2.45, 2.75) is 58.4 Å². The lowest BCUT2D eigenvalue weighted by Gasteiger charge is -2.19. The maximum absolute atomic E-state index is 12.6. The predicted molar refractivity (Wildman–Crippen MR) is 113 cm³/mol. The van der Waals surface area contributed by atoms with Crippen LogP contribution in [-0.4, -0.2) is 15.9 Å². The molecule has 28 heavy (non-hydrogen) atoms. The minimum absolute atomic E-state index is 0.00277. The van der Waals surface area contributed by atoms with Crippen LogP contribution in [0.25, 0.3) is 10.2 Å². The Bertz CT molecular complexity index is 1080. The summed E-state index contributed by atoms with van der Waals surface area (Å²) in [5, 5.41) is 3.87. The van der Waals surface area contributed by atoms with E-state index in [1.165, 1.54) is 22.5 Å². The smallest absolute Gasteiger partial charge is 0.259 e. The van der Waals surface area contributed by atoms with Crippen molar-refractivity contribution in [1.82, 2.24) is 15.3 Å². The second-order valence-corrected chi connectivity index (χ2v) is 8.74. The number of fused-ring (bicyclic) bond motifs is 2. The topological polar surface area (TPSA) is 74.8 Å². The number of amides is 1. The van der Waals surface area contributed by atoms with Crippen molar-refractivity contribution in [3.05, 3.63) is 62.0 Å². The van der Waals surface area contributed by atoms with E-state index >= 15 is 0 Å². The van der Waals surface area contributed by atoms with Crippen LogP contribution in [0.1, 0.15) is 59.1 Å². The van der Waals surface area contributed by atoms with E-state index in [2.05, 4.69) is 33.5 Å². The van der Waals surface area contributed by atoms with Crippen LogP contribution in [-0.2, 0) is 17.6 Å². The predicted octanol–water partition coefficient (Wildman–Crippen LogP) is 4.12. The molecule has 0 fully saturated rings. The number of hydrogen-bond acceptors (Lipinski definition) is 4. The van der Waals surface area contributed by atoms with E-state index < -0.39 is 0 Å². The molecule has 3 aromatic rings. The fourth-order valence-corrected chi connectivity index (χ4v) is 5.04. The summed E-state index contributed by atoms with van der Waals surface area (Å²) in [7, 11) is 0. The molecule has 0 bridgehead atoms. The monoisotopic (exact) mass is 395 g/mol. The largest absolute Gasteiger partial charge is 0.349 e. The molecular formula is C22H25N3O2S. The van der Waals surface area contributed by atoms with E-state index in [0.717, 1.165) is 41.0 Å². The van der Waals surface area contributed by atoms with Crippen LogP contribution in [0.15, 0.2) is 29.1 Å². The molecule has 0 spiro atoms. The highest BCUT2D eigenvalue weighted by Crippen LogP contribution is 2.29. The summed E-state index contributed by atoms with van der Waals surface area (Å²) >= 11 is 1.53. The van der Waals surface area contributed by atoms with Crippen LogP contribution in [0.3, 0.4) is 0 Å². The van der Waals surface area contributed by atoms with Crippen LogP contribution in [0.2, 0.25) is 0 Å². The van der Waals surface area contributed by atoms with E-state index in [9.17, 15) is 9.59 Å². The first kappa shape index (κ1) is 18.9. The summed E-state index contributed by atoms with van der Waals surface area (Å²) in [6.45, 7) is 3.95. The van der Waals surface area contributed by atoms with Gasteiger partial charge in [-0.3, -0.25) is 9.59 Å². The van der Waals surface area contributed by atoms with Crippen LogP contribution in [0, 0.1) is 13.8 Å². The van der Waals surface area contributed by atoms with Gasteiger partial charge < -0.3 is 10.3 Å². The molecule has 1 atom stereocenters. The summed E-state index contributed by atoms with van der Waals surface area (Å²) in [4.78, 5) is 34.2. The number of nitrogens with one attached hydrogen (secondary N) is 2. The first-order valence-corrected chi connectivity index (χ1v) is 10.7. The normalized spacial score (nSPS) is 16.6. The Morgan fingerprint density at radius 2 is 2.11 bits per heavy atom. The standard InChI is InChI=1S/C22H25N3O2S/c1-13-14(2)28-22-20(13)21(27)24-18(25-22)11-12-19(26)23-17-10-6-4-8-15-7-3-5-9-16(15)17/h3,5,7,9,17H,4,6,8,10-12H2,1-2H3,(H,23,26)(H,24,25,27). The van der Waals surface area contributed by atoms with Gasteiger partial charge in [0.25, 0.3) is 5.56 Å². The minimum atomic E-state index is -0.111. The zero-order valence-electron chi connectivity index (χ0n) is 16.3. The summed E-state index contributed by atoms with van der Waals surface area (Å²) < 4.78 is 0. The molecule has 2 aromatic heterocycles. The molecule has 1 aliphatic carbocycles. The third-order valence-corrected chi connectivity index (χ3v) is 6.73. The summed E-state index contributed by atoms with van der Waals surface area (Å²) in [6.07, 6.45) is 5.07. The third-order valence-electron chi connectivity index (χ3n) is 5.63. The van der Waals surface area contributed by atoms with Gasteiger partial charge >= 0.3 is 0 Å². The number of carbonyl (C=O) groups is 1. The first-order valence-electron chi connectivity index (χ1n) is 9.89. The van der Waals surface area contributed by atoms with Gasteiger partial charge in [0, 0.05) is 17.7 Å². The second-order valence-electron chi connectivity index (χ2n) is 7.54. The molecule has 2 heterocycles. The molecule has 0 saturated heterocycles. The number of aromatic nitrogens is 2. The Hall–Kier alpha value is -2.47. The molecule has 0 aliphatic heterocycles. The van der Waals surface area contributed by atoms with E-state index in [1.54, 1.807) is 0 Å². The van der Waals surface area contributed by atoms with Crippen molar-refractivity contribution in [3.8, 4) is 0 Å². The van der Waals surface area contributed by atoms with E-state index in [0.29, 0.717) is 24.1 Å². The number of rotatable bonds is 4. The first-order chi connectivity index (χ1) is 13.5. The summed E-state index contributed by atoms with van der Waals surface area (Å²) in [5.41, 5.74) is 3.46. The Morgan fingerprint density at radius 1 is 1.29 bits per heavy atom. The van der Waals surface area contributed by atoms with Crippen molar-refractivity contribution < 1.29 is 4.79 Å². The van der Waals surface area contributed by atoms with E-state index in [-0.39, 0.29) is 17.5 Å². The molecule has 0 radical (unpaired) electrons. The summed E-state index contributed by atoms with van der Waals surface area (Å²) in [5.74, 6) is 0.582. The Kier molecular flexibility index (Phi) is 5.31. The molecule has 0 saturated carbocycles. The maximum atomic E-state index is 12.6. The van der Waals surface area contributed by atoms with Gasteiger partial charge in [-0.2, -0.15) is 0 Å². The van der Waals surface area contributed by atoms with E-state index in [4.69, 9.17) is 0 Å². The van der Waals surface area contributed by atoms with E-state index in [1.807, 2.05) is 19.9 Å². The Balaban J connectivity index is 1.45. The molecule has 1 unspecified atom stereocenters. The van der Waals surface area contributed by atoms with Gasteiger partial charge in [0.2, 0.25) is 5.91 Å². The number of carbonyl (C=O) groups excluding carboxylic acids is 1. The van der Waals surface area contributed by atoms with Gasteiger partial charge in [0.1, 0.15) is 10.7 Å². The minimum Gasteiger partial charge on any atom is -0.349 e. The fraction of sp³-hybridized carbons (Fsp3) is 0.409. The zero-order valence-corrected chi connectivity index (χ0v) is 17.1. The van der Waals surface area contributed by atoms with Crippen LogP contribution in [0.5, 0.6) is 0 Å². The van der Waals surface area contributed by atoms with Gasteiger partial charge in [-0.15, -0.1) is 11.3 Å². The highest BCUT2D eigenvalue weighted by Gasteiger charge is 2.20.